The molecule has 13 heteroatoms. The summed E-state index contributed by atoms with van der Waals surface area (Å²) in [6.07, 6.45) is 8.87. The number of Topliss-reactive ketones (excluding diaryl/α,β-unsaturated/α-hetero) is 1. The van der Waals surface area contributed by atoms with E-state index in [4.69, 9.17) is 0 Å². The van der Waals surface area contributed by atoms with Gasteiger partial charge in [0.25, 0.3) is 5.91 Å². The smallest absolute Gasteiger partial charge is 0.315 e. The first-order valence-electron chi connectivity index (χ1n) is 16.5. The first-order valence-corrected chi connectivity index (χ1v) is 18.2. The van der Waals surface area contributed by atoms with Crippen LogP contribution in [0, 0.1) is 5.41 Å². The average Bonchev–Trinajstić information content (AvgIpc) is 3.62. The molecule has 0 radical (unpaired) electrons. The lowest BCUT2D eigenvalue weighted by Gasteiger charge is -2.43. The van der Waals surface area contributed by atoms with Crippen LogP contribution in [-0.2, 0) is 29.0 Å². The predicted molar refractivity (Wildman–Crippen MR) is 172 cm³/mol. The molecule has 1 saturated carbocycles. The molecule has 0 aromatic rings. The number of carbonyl (C=O) groups excluding carboxylic acids is 5. The monoisotopic (exact) mass is 651 g/mol. The lowest BCUT2D eigenvalue weighted by molar-refractivity contribution is -0.143. The standard InChI is InChI=1S/C32H53N5O7S/c1-6-8-14-22(25(38)28(40)33-19-7-2)34-27(39)23-15-12-20-37(23)29(41)26(31(3,4)5)35-30(42)36-32(17-10-9-11-18-32)24-16-13-21-45(24,43)44/h7,22-24,26H,2,6,8-21H2,1,3-5H3,(H,33,40)(H,34,39)(H2,35,36,42)/t22-,23-,24-,26+/m0/s1. The Kier molecular flexibility index (Phi) is 12.6. The van der Waals surface area contributed by atoms with E-state index in [2.05, 4.69) is 27.8 Å². The molecule has 1 aliphatic carbocycles. The van der Waals surface area contributed by atoms with Crippen LogP contribution >= 0.6 is 0 Å². The molecule has 4 atom stereocenters. The van der Waals surface area contributed by atoms with Crippen molar-refractivity contribution in [2.24, 2.45) is 5.41 Å². The number of unbranched alkanes of at least 4 members (excludes halogenated alkanes) is 1. The number of hydrogen-bond acceptors (Lipinski definition) is 7. The second kappa shape index (κ2) is 15.6. The highest BCUT2D eigenvalue weighted by Crippen LogP contribution is 2.39. The van der Waals surface area contributed by atoms with Gasteiger partial charge in [0.15, 0.2) is 9.84 Å². The van der Waals surface area contributed by atoms with Gasteiger partial charge in [-0.2, -0.15) is 0 Å². The Morgan fingerprint density at radius 1 is 1.00 bits per heavy atom. The molecule has 3 rings (SSSR count). The summed E-state index contributed by atoms with van der Waals surface area (Å²) in [6, 6.07) is -3.49. The average molecular weight is 652 g/mol. The minimum absolute atomic E-state index is 0.120. The van der Waals surface area contributed by atoms with Crippen LogP contribution in [0.25, 0.3) is 0 Å². The Morgan fingerprint density at radius 3 is 2.27 bits per heavy atom. The Balaban J connectivity index is 1.76. The molecule has 2 saturated heterocycles. The summed E-state index contributed by atoms with van der Waals surface area (Å²) in [5.41, 5.74) is -1.61. The summed E-state index contributed by atoms with van der Waals surface area (Å²) < 4.78 is 25.9. The van der Waals surface area contributed by atoms with Gasteiger partial charge in [-0.25, -0.2) is 13.2 Å². The van der Waals surface area contributed by atoms with Gasteiger partial charge in [-0.15, -0.1) is 6.58 Å². The number of amides is 5. The minimum Gasteiger partial charge on any atom is -0.346 e. The molecule has 0 aromatic heterocycles. The maximum Gasteiger partial charge on any atom is 0.315 e. The van der Waals surface area contributed by atoms with Gasteiger partial charge < -0.3 is 26.2 Å². The first kappa shape index (κ1) is 36.5. The molecule has 4 N–H and O–H groups in total. The van der Waals surface area contributed by atoms with Crippen LogP contribution in [0.5, 0.6) is 0 Å². The highest BCUT2D eigenvalue weighted by molar-refractivity contribution is 7.92. The fraction of sp³-hybridized carbons (Fsp3) is 0.781. The van der Waals surface area contributed by atoms with E-state index in [0.717, 1.165) is 25.7 Å². The maximum absolute atomic E-state index is 14.1. The van der Waals surface area contributed by atoms with Gasteiger partial charge in [0.05, 0.1) is 22.6 Å². The molecule has 0 bridgehead atoms. The van der Waals surface area contributed by atoms with Crippen LogP contribution < -0.4 is 21.3 Å². The van der Waals surface area contributed by atoms with E-state index in [-0.39, 0.29) is 18.7 Å². The second-order valence-corrected chi connectivity index (χ2v) is 16.2. The molecule has 5 amide bonds. The van der Waals surface area contributed by atoms with E-state index in [0.29, 0.717) is 51.5 Å². The summed E-state index contributed by atoms with van der Waals surface area (Å²) in [5.74, 6) is -2.38. The van der Waals surface area contributed by atoms with Gasteiger partial charge in [0, 0.05) is 13.1 Å². The molecular weight excluding hydrogens is 598 g/mol. The fourth-order valence-electron chi connectivity index (χ4n) is 6.99. The number of sulfone groups is 1. The molecule has 254 valence electrons. The molecule has 0 aromatic carbocycles. The van der Waals surface area contributed by atoms with Crippen molar-refractivity contribution in [1.29, 1.82) is 0 Å². The van der Waals surface area contributed by atoms with Crippen molar-refractivity contribution in [2.45, 2.75) is 134 Å². The van der Waals surface area contributed by atoms with Crippen LogP contribution in [0.15, 0.2) is 12.7 Å². The van der Waals surface area contributed by atoms with Crippen molar-refractivity contribution in [2.75, 3.05) is 18.8 Å². The largest absolute Gasteiger partial charge is 0.346 e. The van der Waals surface area contributed by atoms with Crippen LogP contribution in [0.4, 0.5) is 4.79 Å². The van der Waals surface area contributed by atoms with Crippen LogP contribution in [-0.4, -0.2) is 90.6 Å². The normalized spacial score (nSPS) is 23.8. The number of urea groups is 1. The van der Waals surface area contributed by atoms with E-state index >= 15 is 0 Å². The minimum atomic E-state index is -3.34. The Labute approximate surface area is 268 Å². The molecule has 45 heavy (non-hydrogen) atoms. The van der Waals surface area contributed by atoms with Crippen molar-refractivity contribution < 1.29 is 32.4 Å². The van der Waals surface area contributed by atoms with Crippen molar-refractivity contribution >= 4 is 39.4 Å². The Hall–Kier alpha value is -2.96. The predicted octanol–water partition coefficient (Wildman–Crippen LogP) is 2.52. The number of hydrogen-bond donors (Lipinski definition) is 4. The fourth-order valence-corrected chi connectivity index (χ4v) is 9.35. The van der Waals surface area contributed by atoms with Crippen LogP contribution in [0.1, 0.15) is 105 Å². The lowest BCUT2D eigenvalue weighted by atomic mass is 9.78. The van der Waals surface area contributed by atoms with E-state index in [1.165, 1.54) is 11.0 Å². The topological polar surface area (TPSA) is 171 Å². The third-order valence-electron chi connectivity index (χ3n) is 9.39. The van der Waals surface area contributed by atoms with Crippen molar-refractivity contribution in [3.05, 3.63) is 12.7 Å². The number of rotatable bonds is 13. The van der Waals surface area contributed by atoms with E-state index in [1.54, 1.807) is 0 Å². The van der Waals surface area contributed by atoms with Gasteiger partial charge in [0.2, 0.25) is 17.6 Å². The zero-order chi connectivity index (χ0) is 33.4. The van der Waals surface area contributed by atoms with Crippen molar-refractivity contribution in [3.63, 3.8) is 0 Å². The number of likely N-dealkylation sites (tertiary alicyclic amines) is 1. The highest BCUT2D eigenvalue weighted by atomic mass is 32.2. The van der Waals surface area contributed by atoms with Crippen molar-refractivity contribution in [3.8, 4) is 0 Å². The number of nitrogens with one attached hydrogen (secondary N) is 4. The molecule has 3 fully saturated rings. The summed E-state index contributed by atoms with van der Waals surface area (Å²) in [5, 5.41) is 10.4. The quantitative estimate of drug-likeness (QED) is 0.175. The summed E-state index contributed by atoms with van der Waals surface area (Å²) in [7, 11) is -3.34. The Morgan fingerprint density at radius 2 is 1.69 bits per heavy atom. The maximum atomic E-state index is 14.1. The van der Waals surface area contributed by atoms with Gasteiger partial charge in [-0.1, -0.05) is 65.9 Å². The lowest BCUT2D eigenvalue weighted by Crippen LogP contribution is -2.65. The van der Waals surface area contributed by atoms with Crippen LogP contribution in [0.3, 0.4) is 0 Å². The number of nitrogens with zero attached hydrogens (tertiary/aromatic N) is 1. The second-order valence-electron chi connectivity index (χ2n) is 13.9. The van der Waals surface area contributed by atoms with E-state index < -0.39 is 73.7 Å². The SMILES string of the molecule is C=CCNC(=O)C(=O)[C@H](CCCC)NC(=O)[C@@H]1CCCN1C(=O)[C@@H](NC(=O)NC1([C@@H]2CCCS2(=O)=O)CCCCC1)C(C)(C)C. The Bertz CT molecular complexity index is 1220. The molecule has 3 aliphatic rings. The zero-order valence-corrected chi connectivity index (χ0v) is 28.2. The molecule has 2 aliphatic heterocycles. The molecule has 2 heterocycles. The van der Waals surface area contributed by atoms with Gasteiger partial charge in [-0.3, -0.25) is 19.2 Å². The van der Waals surface area contributed by atoms with E-state index in [1.807, 2.05) is 27.7 Å². The highest BCUT2D eigenvalue weighted by Gasteiger charge is 2.50. The van der Waals surface area contributed by atoms with Gasteiger partial charge in [0.1, 0.15) is 12.1 Å². The number of ketones is 1. The first-order chi connectivity index (χ1) is 21.2. The van der Waals surface area contributed by atoms with Gasteiger partial charge in [-0.05, 0) is 50.4 Å². The molecule has 0 unspecified atom stereocenters. The summed E-state index contributed by atoms with van der Waals surface area (Å²) in [4.78, 5) is 67.9. The number of carbonyl (C=O) groups is 5. The third-order valence-corrected chi connectivity index (χ3v) is 11.8. The molecule has 12 nitrogen and oxygen atoms in total. The van der Waals surface area contributed by atoms with Crippen LogP contribution in [0.2, 0.25) is 0 Å². The molecular formula is C32H53N5O7S. The summed E-state index contributed by atoms with van der Waals surface area (Å²) >= 11 is 0. The van der Waals surface area contributed by atoms with Gasteiger partial charge >= 0.3 is 6.03 Å². The summed E-state index contributed by atoms with van der Waals surface area (Å²) in [6.45, 7) is 11.3. The third kappa shape index (κ3) is 9.07. The van der Waals surface area contributed by atoms with E-state index in [9.17, 15) is 32.4 Å². The van der Waals surface area contributed by atoms with Crippen molar-refractivity contribution in [1.82, 2.24) is 26.2 Å². The molecule has 0 spiro atoms. The zero-order valence-electron chi connectivity index (χ0n) is 27.4.